The zero-order valence-corrected chi connectivity index (χ0v) is 11.0. The van der Waals surface area contributed by atoms with Gasteiger partial charge in [-0.15, -0.1) is 0 Å². The van der Waals surface area contributed by atoms with Crippen LogP contribution in [0.1, 0.15) is 31.1 Å². The van der Waals surface area contributed by atoms with Crippen molar-refractivity contribution in [3.05, 3.63) is 35.9 Å². The van der Waals surface area contributed by atoms with Gasteiger partial charge in [0.2, 0.25) is 0 Å². The normalized spacial score (nSPS) is 14.0. The number of ether oxygens (including phenoxy) is 1. The molecule has 94 valence electrons. The topological polar surface area (TPSA) is 43.4 Å². The highest BCUT2D eigenvalue weighted by Gasteiger charge is 2.27. The molecule has 0 aliphatic heterocycles. The van der Waals surface area contributed by atoms with Crippen molar-refractivity contribution in [3.8, 4) is 0 Å². The molecule has 1 aromatic carbocycles. The molecule has 1 aromatic rings. The Balaban J connectivity index is 2.94. The van der Waals surface area contributed by atoms with E-state index in [1.807, 2.05) is 37.3 Å². The van der Waals surface area contributed by atoms with E-state index in [1.54, 1.807) is 6.92 Å². The lowest BCUT2D eigenvalue weighted by Crippen LogP contribution is -2.22. The van der Waals surface area contributed by atoms with Crippen molar-refractivity contribution in [1.29, 1.82) is 0 Å². The standard InChI is InChI=1S/C13H18O3S/c1-3-10-17(15)12(13(14)16-4-2)11-8-6-5-7-9-11/h5-9,12H,3-4,10H2,1-2H3. The molecule has 0 aliphatic rings. The van der Waals surface area contributed by atoms with Gasteiger partial charge >= 0.3 is 5.97 Å². The van der Waals surface area contributed by atoms with Crippen molar-refractivity contribution in [1.82, 2.24) is 0 Å². The van der Waals surface area contributed by atoms with Crippen molar-refractivity contribution in [2.45, 2.75) is 25.5 Å². The predicted octanol–water partition coefficient (Wildman–Crippen LogP) is 2.45. The average molecular weight is 254 g/mol. The minimum Gasteiger partial charge on any atom is -0.465 e. The Morgan fingerprint density at radius 2 is 1.94 bits per heavy atom. The molecule has 3 nitrogen and oxygen atoms in total. The van der Waals surface area contributed by atoms with Crippen LogP contribution in [0.15, 0.2) is 30.3 Å². The van der Waals surface area contributed by atoms with Gasteiger partial charge in [-0.05, 0) is 18.9 Å². The van der Waals surface area contributed by atoms with Crippen molar-refractivity contribution in [2.75, 3.05) is 12.4 Å². The first-order valence-corrected chi connectivity index (χ1v) is 7.17. The van der Waals surface area contributed by atoms with Gasteiger partial charge in [-0.1, -0.05) is 37.3 Å². The van der Waals surface area contributed by atoms with Crippen molar-refractivity contribution in [3.63, 3.8) is 0 Å². The number of carbonyl (C=O) groups excluding carboxylic acids is 1. The van der Waals surface area contributed by atoms with Crippen LogP contribution < -0.4 is 0 Å². The third kappa shape index (κ3) is 3.97. The largest absolute Gasteiger partial charge is 0.465 e. The van der Waals surface area contributed by atoms with E-state index < -0.39 is 22.0 Å². The second kappa shape index (κ2) is 7.22. The third-order valence-electron chi connectivity index (χ3n) is 2.27. The molecule has 2 atom stereocenters. The second-order valence-electron chi connectivity index (χ2n) is 3.63. The lowest BCUT2D eigenvalue weighted by molar-refractivity contribution is -0.142. The molecule has 0 fully saturated rings. The molecular weight excluding hydrogens is 236 g/mol. The first kappa shape index (κ1) is 13.9. The Bertz CT molecular complexity index is 358. The van der Waals surface area contributed by atoms with E-state index >= 15 is 0 Å². The third-order valence-corrected chi connectivity index (χ3v) is 4.07. The first-order valence-electron chi connectivity index (χ1n) is 5.79. The molecule has 1 rings (SSSR count). The number of hydrogen-bond acceptors (Lipinski definition) is 3. The van der Waals surface area contributed by atoms with Gasteiger partial charge < -0.3 is 4.74 Å². The minimum absolute atomic E-state index is 0.311. The Morgan fingerprint density at radius 1 is 1.29 bits per heavy atom. The van der Waals surface area contributed by atoms with Gasteiger partial charge in [-0.2, -0.15) is 0 Å². The summed E-state index contributed by atoms with van der Waals surface area (Å²) in [7, 11) is -1.21. The van der Waals surface area contributed by atoms with Gasteiger partial charge in [0.15, 0.2) is 5.25 Å². The van der Waals surface area contributed by atoms with E-state index in [0.717, 1.165) is 12.0 Å². The van der Waals surface area contributed by atoms with Crippen LogP contribution in [0, 0.1) is 0 Å². The molecule has 0 saturated carbocycles. The van der Waals surface area contributed by atoms with E-state index in [9.17, 15) is 9.00 Å². The van der Waals surface area contributed by atoms with Gasteiger partial charge in [0, 0.05) is 16.6 Å². The number of rotatable bonds is 6. The average Bonchev–Trinajstić information content (AvgIpc) is 2.31. The second-order valence-corrected chi connectivity index (χ2v) is 5.27. The summed E-state index contributed by atoms with van der Waals surface area (Å²) in [6, 6.07) is 9.17. The summed E-state index contributed by atoms with van der Waals surface area (Å²) in [6.07, 6.45) is 0.787. The van der Waals surface area contributed by atoms with Crippen LogP contribution in [0.2, 0.25) is 0 Å². The van der Waals surface area contributed by atoms with Crippen LogP contribution in [-0.4, -0.2) is 22.5 Å². The van der Waals surface area contributed by atoms with Crippen molar-refractivity contribution in [2.24, 2.45) is 0 Å². The van der Waals surface area contributed by atoms with Crippen molar-refractivity contribution < 1.29 is 13.7 Å². The zero-order chi connectivity index (χ0) is 12.7. The number of carbonyl (C=O) groups is 1. The fourth-order valence-electron chi connectivity index (χ4n) is 1.56. The van der Waals surface area contributed by atoms with Crippen LogP contribution in [0.25, 0.3) is 0 Å². The van der Waals surface area contributed by atoms with Gasteiger partial charge in [0.1, 0.15) is 0 Å². The lowest BCUT2D eigenvalue weighted by Gasteiger charge is -2.15. The molecule has 0 N–H and O–H groups in total. The highest BCUT2D eigenvalue weighted by molar-refractivity contribution is 7.86. The summed E-state index contributed by atoms with van der Waals surface area (Å²) in [5.74, 6) is 0.115. The smallest absolute Gasteiger partial charge is 0.326 e. The molecule has 0 radical (unpaired) electrons. The summed E-state index contributed by atoms with van der Waals surface area (Å²) in [4.78, 5) is 11.8. The number of esters is 1. The van der Waals surface area contributed by atoms with Crippen molar-refractivity contribution >= 4 is 16.8 Å². The fraction of sp³-hybridized carbons (Fsp3) is 0.462. The molecule has 0 bridgehead atoms. The maximum Gasteiger partial charge on any atom is 0.326 e. The molecule has 0 saturated heterocycles. The van der Waals surface area contributed by atoms with Crippen LogP contribution >= 0.6 is 0 Å². The van der Waals surface area contributed by atoms with Gasteiger partial charge in [0.05, 0.1) is 6.61 Å². The SMILES string of the molecule is CCCS(=O)C(C(=O)OCC)c1ccccc1. The molecular formula is C13H18O3S. The summed E-state index contributed by atoms with van der Waals surface area (Å²) >= 11 is 0. The molecule has 0 aliphatic carbocycles. The first-order chi connectivity index (χ1) is 8.20. The molecule has 4 heteroatoms. The van der Waals surface area contributed by atoms with Gasteiger partial charge in [-0.25, -0.2) is 0 Å². The number of benzene rings is 1. The van der Waals surface area contributed by atoms with Crippen LogP contribution in [0.3, 0.4) is 0 Å². The summed E-state index contributed by atoms with van der Waals surface area (Å²) < 4.78 is 17.1. The van der Waals surface area contributed by atoms with Gasteiger partial charge in [-0.3, -0.25) is 9.00 Å². The predicted molar refractivity (Wildman–Crippen MR) is 69.1 cm³/mol. The molecule has 0 heterocycles. The molecule has 0 aromatic heterocycles. The monoisotopic (exact) mass is 254 g/mol. The van der Waals surface area contributed by atoms with E-state index in [-0.39, 0.29) is 0 Å². The van der Waals surface area contributed by atoms with Crippen LogP contribution in [0.4, 0.5) is 0 Å². The Labute approximate surface area is 105 Å². The fourth-order valence-corrected chi connectivity index (χ4v) is 2.94. The van der Waals surface area contributed by atoms with E-state index in [4.69, 9.17) is 4.74 Å². The Kier molecular flexibility index (Phi) is 5.91. The lowest BCUT2D eigenvalue weighted by atomic mass is 10.1. The molecule has 2 unspecified atom stereocenters. The van der Waals surface area contributed by atoms with Gasteiger partial charge in [0.25, 0.3) is 0 Å². The summed E-state index contributed by atoms with van der Waals surface area (Å²) in [5, 5.41) is -0.656. The Morgan fingerprint density at radius 3 is 2.47 bits per heavy atom. The molecule has 0 spiro atoms. The van der Waals surface area contributed by atoms with E-state index in [2.05, 4.69) is 0 Å². The zero-order valence-electron chi connectivity index (χ0n) is 10.2. The highest BCUT2D eigenvalue weighted by Crippen LogP contribution is 2.22. The van der Waals surface area contributed by atoms with E-state index in [1.165, 1.54) is 0 Å². The summed E-state index contributed by atoms with van der Waals surface area (Å²) in [5.41, 5.74) is 0.762. The Hall–Kier alpha value is -1.16. The number of hydrogen-bond donors (Lipinski definition) is 0. The summed E-state index contributed by atoms with van der Waals surface area (Å²) in [6.45, 7) is 4.01. The highest BCUT2D eigenvalue weighted by atomic mass is 32.2. The molecule has 17 heavy (non-hydrogen) atoms. The van der Waals surface area contributed by atoms with Crippen LogP contribution in [-0.2, 0) is 20.3 Å². The quantitative estimate of drug-likeness (QED) is 0.732. The maximum absolute atomic E-state index is 12.1. The minimum atomic E-state index is -1.21. The molecule has 0 amide bonds. The van der Waals surface area contributed by atoms with Crippen LogP contribution in [0.5, 0.6) is 0 Å². The van der Waals surface area contributed by atoms with E-state index in [0.29, 0.717) is 12.4 Å². The maximum atomic E-state index is 12.1.